The second-order valence-corrected chi connectivity index (χ2v) is 5.59. The van der Waals surface area contributed by atoms with Gasteiger partial charge in [-0.1, -0.05) is 99.2 Å². The molecule has 0 radical (unpaired) electrons. The van der Waals surface area contributed by atoms with Crippen LogP contribution in [0.2, 0.25) is 0 Å². The summed E-state index contributed by atoms with van der Waals surface area (Å²) in [5.41, 5.74) is 2.43. The standard InChI is InChI=1S/C14H14O.C6H12/c1-3-7-13(8-4-1)11-15-12-14-9-5-2-6-10-14;1-2-4-6-5-3-1/h1-10H,11-12H2;1-6H2. The van der Waals surface area contributed by atoms with Crippen LogP contribution in [0.1, 0.15) is 49.7 Å². The van der Waals surface area contributed by atoms with Crippen molar-refractivity contribution in [1.82, 2.24) is 0 Å². The molecule has 1 nitrogen and oxygen atoms in total. The second-order valence-electron chi connectivity index (χ2n) is 5.59. The molecule has 21 heavy (non-hydrogen) atoms. The summed E-state index contributed by atoms with van der Waals surface area (Å²) in [6.45, 7) is 1.35. The van der Waals surface area contributed by atoms with Crippen LogP contribution in [0.15, 0.2) is 60.7 Å². The second kappa shape index (κ2) is 10.2. The summed E-state index contributed by atoms with van der Waals surface area (Å²) in [6, 6.07) is 20.4. The maximum atomic E-state index is 5.61. The van der Waals surface area contributed by atoms with E-state index in [9.17, 15) is 0 Å². The van der Waals surface area contributed by atoms with Crippen LogP contribution in [0.25, 0.3) is 0 Å². The van der Waals surface area contributed by atoms with Gasteiger partial charge in [0.15, 0.2) is 0 Å². The average Bonchev–Trinajstić information content (AvgIpc) is 2.59. The molecule has 0 atom stereocenters. The van der Waals surface area contributed by atoms with Gasteiger partial charge in [-0.05, 0) is 11.1 Å². The molecule has 0 heterocycles. The zero-order valence-electron chi connectivity index (χ0n) is 12.8. The van der Waals surface area contributed by atoms with Gasteiger partial charge >= 0.3 is 0 Å². The van der Waals surface area contributed by atoms with E-state index >= 15 is 0 Å². The highest BCUT2D eigenvalue weighted by atomic mass is 16.5. The fraction of sp³-hybridized carbons (Fsp3) is 0.400. The molecule has 0 saturated heterocycles. The minimum Gasteiger partial charge on any atom is -0.372 e. The van der Waals surface area contributed by atoms with Crippen molar-refractivity contribution < 1.29 is 4.74 Å². The first-order chi connectivity index (χ1) is 10.4. The van der Waals surface area contributed by atoms with Crippen LogP contribution in [-0.4, -0.2) is 0 Å². The number of hydrogen-bond acceptors (Lipinski definition) is 1. The summed E-state index contributed by atoms with van der Waals surface area (Å²) < 4.78 is 5.61. The molecule has 0 amide bonds. The normalized spacial score (nSPS) is 14.1. The van der Waals surface area contributed by atoms with Crippen LogP contribution < -0.4 is 0 Å². The Hall–Kier alpha value is -1.60. The Morgan fingerprint density at radius 2 is 0.857 bits per heavy atom. The predicted molar refractivity (Wildman–Crippen MR) is 89.1 cm³/mol. The zero-order valence-corrected chi connectivity index (χ0v) is 12.8. The minimum absolute atomic E-state index is 0.676. The number of benzene rings is 2. The maximum Gasteiger partial charge on any atom is 0.0721 e. The molecular formula is C20H26O. The Bertz CT molecular complexity index is 409. The van der Waals surface area contributed by atoms with Gasteiger partial charge in [-0.3, -0.25) is 0 Å². The highest BCUT2D eigenvalue weighted by molar-refractivity contribution is 5.15. The highest BCUT2D eigenvalue weighted by Gasteiger charge is 1.95. The van der Waals surface area contributed by atoms with E-state index < -0.39 is 0 Å². The van der Waals surface area contributed by atoms with Crippen molar-refractivity contribution in [3.63, 3.8) is 0 Å². The molecule has 0 bridgehead atoms. The first kappa shape index (κ1) is 15.8. The largest absolute Gasteiger partial charge is 0.372 e. The van der Waals surface area contributed by atoms with E-state index in [1.54, 1.807) is 0 Å². The monoisotopic (exact) mass is 282 g/mol. The molecule has 3 rings (SSSR count). The molecule has 1 fully saturated rings. The molecule has 0 aliphatic heterocycles. The van der Waals surface area contributed by atoms with E-state index in [0.717, 1.165) is 0 Å². The molecular weight excluding hydrogens is 256 g/mol. The van der Waals surface area contributed by atoms with E-state index in [-0.39, 0.29) is 0 Å². The van der Waals surface area contributed by atoms with E-state index in [4.69, 9.17) is 4.74 Å². The van der Waals surface area contributed by atoms with E-state index in [1.807, 2.05) is 36.4 Å². The van der Waals surface area contributed by atoms with Gasteiger partial charge in [-0.25, -0.2) is 0 Å². The lowest BCUT2D eigenvalue weighted by Gasteiger charge is -2.05. The third-order valence-corrected chi connectivity index (χ3v) is 3.72. The van der Waals surface area contributed by atoms with Crippen molar-refractivity contribution in [1.29, 1.82) is 0 Å². The van der Waals surface area contributed by atoms with Gasteiger partial charge in [0.25, 0.3) is 0 Å². The minimum atomic E-state index is 0.676. The molecule has 1 aliphatic carbocycles. The molecule has 1 heteroatoms. The van der Waals surface area contributed by atoms with Crippen molar-refractivity contribution in [2.75, 3.05) is 0 Å². The Morgan fingerprint density at radius 1 is 0.524 bits per heavy atom. The molecule has 2 aromatic rings. The summed E-state index contributed by atoms with van der Waals surface area (Å²) in [5.74, 6) is 0. The summed E-state index contributed by atoms with van der Waals surface area (Å²) in [5, 5.41) is 0. The van der Waals surface area contributed by atoms with Gasteiger partial charge in [0.1, 0.15) is 0 Å². The van der Waals surface area contributed by atoms with Crippen molar-refractivity contribution in [2.45, 2.75) is 51.7 Å². The summed E-state index contributed by atoms with van der Waals surface area (Å²) >= 11 is 0. The lowest BCUT2D eigenvalue weighted by atomic mass is 10.0. The Labute approximate surface area is 129 Å². The van der Waals surface area contributed by atoms with Crippen LogP contribution in [0.4, 0.5) is 0 Å². The van der Waals surface area contributed by atoms with Crippen LogP contribution in [0.5, 0.6) is 0 Å². The van der Waals surface area contributed by atoms with E-state index in [0.29, 0.717) is 13.2 Å². The molecule has 1 saturated carbocycles. The van der Waals surface area contributed by atoms with Crippen LogP contribution in [-0.2, 0) is 18.0 Å². The van der Waals surface area contributed by atoms with Gasteiger partial charge < -0.3 is 4.74 Å². The SMILES string of the molecule is C1CCCCC1.c1ccc(COCc2ccccc2)cc1. The average molecular weight is 282 g/mol. The third-order valence-electron chi connectivity index (χ3n) is 3.72. The number of hydrogen-bond donors (Lipinski definition) is 0. The molecule has 112 valence electrons. The van der Waals surface area contributed by atoms with Gasteiger partial charge in [0.05, 0.1) is 13.2 Å². The molecule has 0 aromatic heterocycles. The van der Waals surface area contributed by atoms with E-state index in [2.05, 4.69) is 24.3 Å². The van der Waals surface area contributed by atoms with E-state index in [1.165, 1.54) is 49.7 Å². The number of rotatable bonds is 4. The first-order valence-electron chi connectivity index (χ1n) is 8.11. The smallest absolute Gasteiger partial charge is 0.0721 e. The fourth-order valence-electron chi connectivity index (χ4n) is 2.50. The molecule has 0 N–H and O–H groups in total. The highest BCUT2D eigenvalue weighted by Crippen LogP contribution is 2.15. The first-order valence-corrected chi connectivity index (χ1v) is 8.11. The molecule has 1 aliphatic rings. The molecule has 2 aromatic carbocycles. The van der Waals surface area contributed by atoms with Crippen molar-refractivity contribution in [3.8, 4) is 0 Å². The third kappa shape index (κ3) is 7.10. The van der Waals surface area contributed by atoms with Crippen LogP contribution >= 0.6 is 0 Å². The predicted octanol–water partition coefficient (Wildman–Crippen LogP) is 5.74. The quantitative estimate of drug-likeness (QED) is 0.694. The Balaban J connectivity index is 0.000000225. The van der Waals surface area contributed by atoms with Crippen LogP contribution in [0, 0.1) is 0 Å². The van der Waals surface area contributed by atoms with Crippen molar-refractivity contribution in [2.24, 2.45) is 0 Å². The molecule has 0 spiro atoms. The maximum absolute atomic E-state index is 5.61. The van der Waals surface area contributed by atoms with Gasteiger partial charge in [-0.15, -0.1) is 0 Å². The van der Waals surface area contributed by atoms with Crippen molar-refractivity contribution >= 4 is 0 Å². The Morgan fingerprint density at radius 3 is 1.19 bits per heavy atom. The van der Waals surface area contributed by atoms with Crippen molar-refractivity contribution in [3.05, 3.63) is 71.8 Å². The van der Waals surface area contributed by atoms with Gasteiger partial charge in [-0.2, -0.15) is 0 Å². The summed E-state index contributed by atoms with van der Waals surface area (Å²) in [4.78, 5) is 0. The summed E-state index contributed by atoms with van der Waals surface area (Å²) in [7, 11) is 0. The lowest BCUT2D eigenvalue weighted by Crippen LogP contribution is -1.93. The summed E-state index contributed by atoms with van der Waals surface area (Å²) in [6.07, 6.45) is 9.00. The lowest BCUT2D eigenvalue weighted by molar-refractivity contribution is 0.107. The van der Waals surface area contributed by atoms with Crippen LogP contribution in [0.3, 0.4) is 0 Å². The zero-order chi connectivity index (χ0) is 14.6. The van der Waals surface area contributed by atoms with Gasteiger partial charge in [0, 0.05) is 0 Å². The topological polar surface area (TPSA) is 9.23 Å². The molecule has 0 unspecified atom stereocenters. The Kier molecular flexibility index (Phi) is 7.65. The van der Waals surface area contributed by atoms with Gasteiger partial charge in [0.2, 0.25) is 0 Å². The number of ether oxygens (including phenoxy) is 1. The fourth-order valence-corrected chi connectivity index (χ4v) is 2.50.